The van der Waals surface area contributed by atoms with E-state index in [9.17, 15) is 4.79 Å². The summed E-state index contributed by atoms with van der Waals surface area (Å²) in [7, 11) is 2.15. The van der Waals surface area contributed by atoms with Crippen molar-refractivity contribution in [2.45, 2.75) is 58.6 Å². The van der Waals surface area contributed by atoms with Crippen molar-refractivity contribution in [1.82, 2.24) is 15.1 Å². The van der Waals surface area contributed by atoms with E-state index in [1.54, 1.807) is 4.90 Å². The third-order valence-corrected chi connectivity index (χ3v) is 5.65. The van der Waals surface area contributed by atoms with E-state index in [1.165, 1.54) is 0 Å². The predicted molar refractivity (Wildman–Crippen MR) is 121 cm³/mol. The van der Waals surface area contributed by atoms with E-state index >= 15 is 0 Å². The van der Waals surface area contributed by atoms with Gasteiger partial charge in [0.1, 0.15) is 5.60 Å². The van der Waals surface area contributed by atoms with Crippen molar-refractivity contribution in [3.63, 3.8) is 0 Å². The molecule has 1 fully saturated rings. The average molecular weight is 413 g/mol. The van der Waals surface area contributed by atoms with Gasteiger partial charge in [0, 0.05) is 29.9 Å². The van der Waals surface area contributed by atoms with Crippen LogP contribution in [0.1, 0.15) is 47.0 Å². The average Bonchev–Trinajstić information content (AvgIpc) is 2.67. The summed E-state index contributed by atoms with van der Waals surface area (Å²) in [5, 5.41) is 12.0. The van der Waals surface area contributed by atoms with Crippen molar-refractivity contribution < 1.29 is 9.53 Å². The molecule has 1 aliphatic carbocycles. The fourth-order valence-electron chi connectivity index (χ4n) is 3.90. The van der Waals surface area contributed by atoms with Crippen LogP contribution < -0.4 is 5.32 Å². The summed E-state index contributed by atoms with van der Waals surface area (Å²) in [4.78, 5) is 16.9. The third kappa shape index (κ3) is 5.85. The molecule has 1 saturated heterocycles. The number of ether oxygens (including phenoxy) is 1. The lowest BCUT2D eigenvalue weighted by Gasteiger charge is -2.34. The lowest BCUT2D eigenvalue weighted by atomic mass is 9.93. The van der Waals surface area contributed by atoms with E-state index in [2.05, 4.69) is 30.3 Å². The normalized spacial score (nSPS) is 25.2. The Kier molecular flexibility index (Phi) is 6.86. The van der Waals surface area contributed by atoms with Crippen LogP contribution in [-0.4, -0.2) is 59.9 Å². The van der Waals surface area contributed by atoms with Crippen molar-refractivity contribution in [2.24, 2.45) is 5.92 Å². The van der Waals surface area contributed by atoms with Crippen molar-refractivity contribution in [1.29, 1.82) is 5.41 Å². The highest BCUT2D eigenvalue weighted by molar-refractivity contribution is 6.10. The number of likely N-dealkylation sites (tertiary alicyclic amines) is 1. The molecule has 1 atom stereocenters. The molecule has 6 nitrogen and oxygen atoms in total. The molecule has 2 N–H and O–H groups in total. The molecule has 164 valence electrons. The summed E-state index contributed by atoms with van der Waals surface area (Å²) in [6, 6.07) is 0.463. The van der Waals surface area contributed by atoms with Crippen LogP contribution in [0.3, 0.4) is 0 Å². The number of rotatable bonds is 3. The maximum Gasteiger partial charge on any atom is 0.414 e. The second-order valence-electron chi connectivity index (χ2n) is 9.71. The SMILES string of the molecule is C[C@H]1CC=C(C2=CC(=N)/C(=C\NC3CCN(C)CC3)C=C2)N(C(=O)OC(C)(C)C)C1. The Morgan fingerprint density at radius 3 is 2.60 bits per heavy atom. The molecule has 0 bridgehead atoms. The molecule has 30 heavy (non-hydrogen) atoms. The number of nitrogens with one attached hydrogen (secondary N) is 2. The van der Waals surface area contributed by atoms with Gasteiger partial charge in [0.25, 0.3) is 0 Å². The Morgan fingerprint density at radius 1 is 1.27 bits per heavy atom. The summed E-state index contributed by atoms with van der Waals surface area (Å²) in [6.07, 6.45) is 12.7. The number of hydrogen-bond acceptors (Lipinski definition) is 5. The lowest BCUT2D eigenvalue weighted by molar-refractivity contribution is 0.0286. The van der Waals surface area contributed by atoms with E-state index in [0.717, 1.165) is 49.2 Å². The summed E-state index contributed by atoms with van der Waals surface area (Å²) in [5.74, 6) is 0.378. The van der Waals surface area contributed by atoms with Crippen LogP contribution in [-0.2, 0) is 4.74 Å². The van der Waals surface area contributed by atoms with Crippen LogP contribution in [0.15, 0.2) is 47.3 Å². The standard InChI is InChI=1S/C24H36N4O2/c1-17-6-9-22(28(16-17)23(29)30-24(2,3)4)18-7-8-19(21(25)14-18)15-26-20-10-12-27(5)13-11-20/h7-9,14-15,17,20,25-26H,6,10-13,16H2,1-5H3/b19-15-,25-21?/t17-/m0/s1. The van der Waals surface area contributed by atoms with Gasteiger partial charge in [-0.3, -0.25) is 4.90 Å². The fourth-order valence-corrected chi connectivity index (χ4v) is 3.90. The first kappa shape index (κ1) is 22.3. The molecule has 1 amide bonds. The summed E-state index contributed by atoms with van der Waals surface area (Å²) >= 11 is 0. The highest BCUT2D eigenvalue weighted by atomic mass is 16.6. The van der Waals surface area contributed by atoms with Gasteiger partial charge in [-0.25, -0.2) is 4.79 Å². The molecule has 3 rings (SSSR count). The van der Waals surface area contributed by atoms with Gasteiger partial charge >= 0.3 is 6.09 Å². The first-order chi connectivity index (χ1) is 14.1. The van der Waals surface area contributed by atoms with E-state index in [-0.39, 0.29) is 6.09 Å². The quantitative estimate of drug-likeness (QED) is 0.728. The maximum absolute atomic E-state index is 12.8. The van der Waals surface area contributed by atoms with E-state index in [0.29, 0.717) is 24.2 Å². The smallest absolute Gasteiger partial charge is 0.414 e. The van der Waals surface area contributed by atoms with Gasteiger partial charge in [-0.1, -0.05) is 25.2 Å². The largest absolute Gasteiger partial charge is 0.443 e. The molecule has 0 saturated carbocycles. The zero-order valence-electron chi connectivity index (χ0n) is 19.0. The zero-order valence-corrected chi connectivity index (χ0v) is 19.0. The third-order valence-electron chi connectivity index (χ3n) is 5.65. The van der Waals surface area contributed by atoms with Gasteiger partial charge in [0.2, 0.25) is 0 Å². The minimum absolute atomic E-state index is 0.327. The van der Waals surface area contributed by atoms with Crippen molar-refractivity contribution in [3.05, 3.63) is 47.3 Å². The van der Waals surface area contributed by atoms with Crippen molar-refractivity contribution in [2.75, 3.05) is 26.7 Å². The number of carbonyl (C=O) groups excluding carboxylic acids is 1. The van der Waals surface area contributed by atoms with Crippen LogP contribution in [0, 0.1) is 11.3 Å². The molecular weight excluding hydrogens is 376 g/mol. The minimum Gasteiger partial charge on any atom is -0.443 e. The van der Waals surface area contributed by atoms with Gasteiger partial charge < -0.3 is 20.4 Å². The van der Waals surface area contributed by atoms with E-state index in [1.807, 2.05) is 45.2 Å². The van der Waals surface area contributed by atoms with Crippen molar-refractivity contribution >= 4 is 11.8 Å². The van der Waals surface area contributed by atoms with Gasteiger partial charge in [-0.15, -0.1) is 0 Å². The van der Waals surface area contributed by atoms with Crippen LogP contribution in [0.4, 0.5) is 4.79 Å². The Morgan fingerprint density at radius 2 is 1.97 bits per heavy atom. The molecular formula is C24H36N4O2. The number of nitrogens with zero attached hydrogens (tertiary/aromatic N) is 2. The van der Waals surface area contributed by atoms with Crippen LogP contribution >= 0.6 is 0 Å². The Balaban J connectivity index is 1.70. The van der Waals surface area contributed by atoms with Gasteiger partial charge in [0.15, 0.2) is 0 Å². The van der Waals surface area contributed by atoms with Gasteiger partial charge in [-0.05, 0) is 72.2 Å². The summed E-state index contributed by atoms with van der Waals surface area (Å²) in [5.41, 5.74) is 2.50. The first-order valence-electron chi connectivity index (χ1n) is 11.0. The highest BCUT2D eigenvalue weighted by Crippen LogP contribution is 2.29. The molecule has 6 heteroatoms. The maximum atomic E-state index is 12.8. The molecule has 0 aromatic carbocycles. The molecule has 0 aromatic heterocycles. The van der Waals surface area contributed by atoms with Crippen LogP contribution in [0.2, 0.25) is 0 Å². The molecule has 0 radical (unpaired) electrons. The molecule has 2 heterocycles. The predicted octanol–water partition coefficient (Wildman–Crippen LogP) is 4.23. The first-order valence-corrected chi connectivity index (χ1v) is 11.0. The number of carbonyl (C=O) groups is 1. The molecule has 0 unspecified atom stereocenters. The molecule has 3 aliphatic rings. The van der Waals surface area contributed by atoms with Crippen LogP contribution in [0.5, 0.6) is 0 Å². The Bertz CT molecular complexity index is 793. The number of allylic oxidation sites excluding steroid dienone is 5. The summed E-state index contributed by atoms with van der Waals surface area (Å²) in [6.45, 7) is 10.6. The van der Waals surface area contributed by atoms with Crippen molar-refractivity contribution in [3.8, 4) is 0 Å². The zero-order chi connectivity index (χ0) is 21.9. The summed E-state index contributed by atoms with van der Waals surface area (Å²) < 4.78 is 5.62. The monoisotopic (exact) mass is 412 g/mol. The number of piperidine rings is 1. The number of hydrogen-bond donors (Lipinski definition) is 2. The highest BCUT2D eigenvalue weighted by Gasteiger charge is 2.30. The molecule has 2 aliphatic heterocycles. The van der Waals surface area contributed by atoms with E-state index in [4.69, 9.17) is 10.1 Å². The Labute approximate surface area is 180 Å². The lowest BCUT2D eigenvalue weighted by Crippen LogP contribution is -2.41. The fraction of sp³-hybridized carbons (Fsp3) is 0.583. The second-order valence-corrected chi connectivity index (χ2v) is 9.71. The van der Waals surface area contributed by atoms with Gasteiger partial charge in [-0.2, -0.15) is 0 Å². The molecule has 0 spiro atoms. The Hall–Kier alpha value is -2.34. The van der Waals surface area contributed by atoms with Gasteiger partial charge in [0.05, 0.1) is 11.4 Å². The number of amides is 1. The van der Waals surface area contributed by atoms with Crippen LogP contribution in [0.25, 0.3) is 0 Å². The minimum atomic E-state index is -0.540. The topological polar surface area (TPSA) is 68.7 Å². The van der Waals surface area contributed by atoms with E-state index < -0.39 is 5.60 Å². The second kappa shape index (κ2) is 9.21. The molecule has 0 aromatic rings.